The molecule has 1 saturated carbocycles. The van der Waals surface area contributed by atoms with Crippen LogP contribution in [0.5, 0.6) is 0 Å². The van der Waals surface area contributed by atoms with Crippen molar-refractivity contribution >= 4 is 23.2 Å². The highest BCUT2D eigenvalue weighted by Gasteiger charge is 2.35. The van der Waals surface area contributed by atoms with E-state index in [1.165, 1.54) is 6.42 Å². The largest absolute Gasteiger partial charge is 0.337 e. The minimum absolute atomic E-state index is 0.457. The Morgan fingerprint density at radius 3 is 2.62 bits per heavy atom. The predicted molar refractivity (Wildman–Crippen MR) is 82.5 cm³/mol. The Morgan fingerprint density at radius 2 is 1.90 bits per heavy atom. The fourth-order valence-corrected chi connectivity index (χ4v) is 3.08. The normalized spacial score (nSPS) is 17.9. The van der Waals surface area contributed by atoms with Gasteiger partial charge in [0.05, 0.1) is 15.6 Å². The Hall–Kier alpha value is -1.10. The number of rotatable bonds is 3. The summed E-state index contributed by atoms with van der Waals surface area (Å²) in [7, 11) is 0. The van der Waals surface area contributed by atoms with Crippen LogP contribution in [0, 0.1) is 0 Å². The van der Waals surface area contributed by atoms with Gasteiger partial charge in [0.25, 0.3) is 0 Å². The van der Waals surface area contributed by atoms with Gasteiger partial charge in [-0.25, -0.2) is 0 Å². The van der Waals surface area contributed by atoms with Crippen molar-refractivity contribution in [3.8, 4) is 0 Å². The molecule has 1 aromatic carbocycles. The van der Waals surface area contributed by atoms with Crippen LogP contribution in [0.2, 0.25) is 10.0 Å². The van der Waals surface area contributed by atoms with Gasteiger partial charge in [-0.2, -0.15) is 4.98 Å². The molecule has 0 atom stereocenters. The molecule has 21 heavy (non-hydrogen) atoms. The summed E-state index contributed by atoms with van der Waals surface area (Å²) >= 11 is 11.9. The van der Waals surface area contributed by atoms with E-state index < -0.39 is 5.54 Å². The smallest absolute Gasteiger partial charge is 0.246 e. The number of nitrogens with zero attached hydrogens (tertiary/aromatic N) is 2. The van der Waals surface area contributed by atoms with E-state index >= 15 is 0 Å². The van der Waals surface area contributed by atoms with Crippen LogP contribution in [-0.2, 0) is 12.0 Å². The maximum atomic E-state index is 6.40. The number of hydrogen-bond donors (Lipinski definition) is 1. The lowest BCUT2D eigenvalue weighted by Crippen LogP contribution is -2.39. The second kappa shape index (κ2) is 5.95. The summed E-state index contributed by atoms with van der Waals surface area (Å²) in [5, 5.41) is 5.11. The predicted octanol–water partition coefficient (Wildman–Crippen LogP) is 4.09. The third-order valence-corrected chi connectivity index (χ3v) is 4.73. The average Bonchev–Trinajstić information content (AvgIpc) is 2.93. The summed E-state index contributed by atoms with van der Waals surface area (Å²) in [4.78, 5) is 4.47. The first-order chi connectivity index (χ1) is 10.1. The zero-order chi connectivity index (χ0) is 14.9. The molecule has 4 nitrogen and oxygen atoms in total. The molecular formula is C15H17Cl2N3O. The zero-order valence-electron chi connectivity index (χ0n) is 11.6. The number of aromatic nitrogens is 2. The third kappa shape index (κ3) is 3.23. The van der Waals surface area contributed by atoms with Gasteiger partial charge in [0.1, 0.15) is 0 Å². The highest BCUT2D eigenvalue weighted by atomic mass is 35.5. The van der Waals surface area contributed by atoms with Crippen LogP contribution in [0.15, 0.2) is 22.7 Å². The maximum Gasteiger partial charge on any atom is 0.246 e. The van der Waals surface area contributed by atoms with E-state index in [9.17, 15) is 0 Å². The van der Waals surface area contributed by atoms with Crippen molar-refractivity contribution in [3.63, 3.8) is 0 Å². The molecule has 0 aliphatic heterocycles. The highest BCUT2D eigenvalue weighted by Crippen LogP contribution is 2.33. The summed E-state index contributed by atoms with van der Waals surface area (Å²) < 4.78 is 5.39. The van der Waals surface area contributed by atoms with E-state index in [0.29, 0.717) is 28.2 Å². The zero-order valence-corrected chi connectivity index (χ0v) is 13.1. The molecule has 1 aromatic heterocycles. The van der Waals surface area contributed by atoms with Gasteiger partial charge in [-0.1, -0.05) is 53.7 Å². The van der Waals surface area contributed by atoms with Gasteiger partial charge in [-0.15, -0.1) is 0 Å². The molecule has 2 aromatic rings. The van der Waals surface area contributed by atoms with E-state index in [2.05, 4.69) is 10.1 Å². The standard InChI is InChI=1S/C15H17Cl2N3O/c16-11-5-4-10(8-12(11)17)9-13-19-14(21-20-13)15(18)6-2-1-3-7-15/h4-5,8H,1-3,6-7,9,18H2. The molecule has 1 aliphatic carbocycles. The quantitative estimate of drug-likeness (QED) is 0.923. The van der Waals surface area contributed by atoms with E-state index in [1.54, 1.807) is 6.07 Å². The summed E-state index contributed by atoms with van der Waals surface area (Å²) in [6, 6.07) is 5.49. The van der Waals surface area contributed by atoms with Crippen molar-refractivity contribution in [2.45, 2.75) is 44.1 Å². The first kappa shape index (κ1) is 14.8. The van der Waals surface area contributed by atoms with Gasteiger partial charge in [-0.3, -0.25) is 0 Å². The van der Waals surface area contributed by atoms with Crippen molar-refractivity contribution in [2.24, 2.45) is 5.73 Å². The van der Waals surface area contributed by atoms with Gasteiger partial charge in [0.2, 0.25) is 5.89 Å². The van der Waals surface area contributed by atoms with Crippen LogP contribution in [0.3, 0.4) is 0 Å². The van der Waals surface area contributed by atoms with Crippen molar-refractivity contribution in [1.29, 1.82) is 0 Å². The Labute approximate surface area is 133 Å². The Kier molecular flexibility index (Phi) is 4.20. The lowest BCUT2D eigenvalue weighted by Gasteiger charge is -2.29. The van der Waals surface area contributed by atoms with Crippen LogP contribution in [-0.4, -0.2) is 10.1 Å². The molecule has 0 unspecified atom stereocenters. The number of halogens is 2. The SMILES string of the molecule is NC1(c2nc(Cc3ccc(Cl)c(Cl)c3)no2)CCCCC1. The van der Waals surface area contributed by atoms with E-state index in [1.807, 2.05) is 12.1 Å². The number of benzene rings is 1. The van der Waals surface area contributed by atoms with Gasteiger partial charge >= 0.3 is 0 Å². The Balaban J connectivity index is 1.77. The summed E-state index contributed by atoms with van der Waals surface area (Å²) in [5.41, 5.74) is 6.93. The van der Waals surface area contributed by atoms with Crippen LogP contribution < -0.4 is 5.73 Å². The van der Waals surface area contributed by atoms with Gasteiger partial charge in [0.15, 0.2) is 5.82 Å². The number of hydrogen-bond acceptors (Lipinski definition) is 4. The highest BCUT2D eigenvalue weighted by molar-refractivity contribution is 6.42. The molecule has 0 spiro atoms. The Bertz CT molecular complexity index is 636. The summed E-state index contributed by atoms with van der Waals surface area (Å²) in [5.74, 6) is 1.18. The fourth-order valence-electron chi connectivity index (χ4n) is 2.76. The first-order valence-corrected chi connectivity index (χ1v) is 7.88. The topological polar surface area (TPSA) is 64.9 Å². The van der Waals surface area contributed by atoms with Gasteiger partial charge in [-0.05, 0) is 30.5 Å². The maximum absolute atomic E-state index is 6.40. The number of nitrogens with two attached hydrogens (primary N) is 1. The molecule has 0 amide bonds. The lowest BCUT2D eigenvalue weighted by molar-refractivity contribution is 0.219. The summed E-state index contributed by atoms with van der Waals surface area (Å²) in [6.07, 6.45) is 5.81. The molecule has 0 radical (unpaired) electrons. The van der Waals surface area contributed by atoms with Crippen molar-refractivity contribution < 1.29 is 4.52 Å². The molecule has 6 heteroatoms. The van der Waals surface area contributed by atoms with Crippen LogP contribution in [0.25, 0.3) is 0 Å². The molecule has 0 saturated heterocycles. The second-order valence-corrected chi connectivity index (χ2v) is 6.47. The molecule has 1 aliphatic rings. The molecular weight excluding hydrogens is 309 g/mol. The average molecular weight is 326 g/mol. The molecule has 0 bridgehead atoms. The van der Waals surface area contributed by atoms with Crippen molar-refractivity contribution in [3.05, 3.63) is 45.5 Å². The van der Waals surface area contributed by atoms with Gasteiger partial charge < -0.3 is 10.3 Å². The second-order valence-electron chi connectivity index (χ2n) is 5.66. The van der Waals surface area contributed by atoms with E-state index in [-0.39, 0.29) is 0 Å². The molecule has 1 fully saturated rings. The van der Waals surface area contributed by atoms with E-state index in [4.69, 9.17) is 33.5 Å². The van der Waals surface area contributed by atoms with Crippen molar-refractivity contribution in [1.82, 2.24) is 10.1 Å². The van der Waals surface area contributed by atoms with Gasteiger partial charge in [0, 0.05) is 6.42 Å². The van der Waals surface area contributed by atoms with E-state index in [0.717, 1.165) is 31.2 Å². The van der Waals surface area contributed by atoms with Crippen LogP contribution in [0.4, 0.5) is 0 Å². The minimum Gasteiger partial charge on any atom is -0.337 e. The monoisotopic (exact) mass is 325 g/mol. The molecule has 2 N–H and O–H groups in total. The lowest BCUT2D eigenvalue weighted by atomic mass is 9.82. The summed E-state index contributed by atoms with van der Waals surface area (Å²) in [6.45, 7) is 0. The minimum atomic E-state index is -0.457. The third-order valence-electron chi connectivity index (χ3n) is 3.99. The molecule has 112 valence electrons. The molecule has 1 heterocycles. The fraction of sp³-hybridized carbons (Fsp3) is 0.467. The Morgan fingerprint density at radius 1 is 1.14 bits per heavy atom. The van der Waals surface area contributed by atoms with Crippen LogP contribution >= 0.6 is 23.2 Å². The first-order valence-electron chi connectivity index (χ1n) is 7.13. The van der Waals surface area contributed by atoms with Crippen molar-refractivity contribution in [2.75, 3.05) is 0 Å². The van der Waals surface area contributed by atoms with Crippen LogP contribution in [0.1, 0.15) is 49.4 Å². The molecule has 3 rings (SSSR count).